The fourth-order valence-electron chi connectivity index (χ4n) is 3.26. The minimum atomic E-state index is -0.717. The monoisotopic (exact) mass is 498 g/mol. The van der Waals surface area contributed by atoms with Gasteiger partial charge in [0.15, 0.2) is 5.16 Å². The van der Waals surface area contributed by atoms with Crippen molar-refractivity contribution in [2.75, 3.05) is 18.2 Å². The van der Waals surface area contributed by atoms with Crippen molar-refractivity contribution < 1.29 is 14.3 Å². The van der Waals surface area contributed by atoms with Crippen LogP contribution in [-0.4, -0.2) is 45.6 Å². The first-order chi connectivity index (χ1) is 16.2. The number of anilines is 1. The number of halogens is 1. The highest BCUT2D eigenvalue weighted by Gasteiger charge is 2.26. The van der Waals surface area contributed by atoms with Crippen LogP contribution in [0.5, 0.6) is 5.75 Å². The van der Waals surface area contributed by atoms with Crippen LogP contribution in [0.15, 0.2) is 59.8 Å². The topological polar surface area (TPSA) is 84.4 Å². The van der Waals surface area contributed by atoms with E-state index in [1.807, 2.05) is 32.0 Å². The van der Waals surface area contributed by atoms with Crippen LogP contribution < -0.4 is 10.1 Å². The quantitative estimate of drug-likeness (QED) is 0.333. The van der Waals surface area contributed by atoms with E-state index < -0.39 is 6.04 Å². The lowest BCUT2D eigenvalue weighted by Crippen LogP contribution is -2.46. The molecule has 0 aliphatic carbocycles. The molecule has 1 unspecified atom stereocenters. The van der Waals surface area contributed by atoms with E-state index in [0.717, 1.165) is 17.0 Å². The predicted molar refractivity (Wildman–Crippen MR) is 135 cm³/mol. The lowest BCUT2D eigenvalue weighted by Gasteiger charge is -2.28. The van der Waals surface area contributed by atoms with Gasteiger partial charge in [-0.15, -0.1) is 0 Å². The summed E-state index contributed by atoms with van der Waals surface area (Å²) in [6.45, 7) is 5.75. The van der Waals surface area contributed by atoms with Gasteiger partial charge in [0, 0.05) is 28.6 Å². The SMILES string of the molecule is COc1ccc(NC(=O)C(C)N(Cc2ccc(Cl)cc2)C(=O)CSc2nc(C)cc(C)n2)cc1. The zero-order valence-corrected chi connectivity index (χ0v) is 21.1. The maximum absolute atomic E-state index is 13.3. The van der Waals surface area contributed by atoms with Crippen molar-refractivity contribution in [1.29, 1.82) is 0 Å². The van der Waals surface area contributed by atoms with Crippen LogP contribution in [-0.2, 0) is 16.1 Å². The van der Waals surface area contributed by atoms with Crippen molar-refractivity contribution in [2.45, 2.75) is 38.5 Å². The Bertz CT molecular complexity index is 1120. The van der Waals surface area contributed by atoms with Gasteiger partial charge < -0.3 is 15.0 Å². The van der Waals surface area contributed by atoms with Crippen LogP contribution in [0.1, 0.15) is 23.9 Å². The molecule has 0 saturated heterocycles. The number of nitrogens with zero attached hydrogens (tertiary/aromatic N) is 3. The molecule has 0 saturated carbocycles. The summed E-state index contributed by atoms with van der Waals surface area (Å²) in [7, 11) is 1.58. The van der Waals surface area contributed by atoms with Crippen LogP contribution in [0.3, 0.4) is 0 Å². The third-order valence-corrected chi connectivity index (χ3v) is 6.16. The highest BCUT2D eigenvalue weighted by atomic mass is 35.5. The molecule has 0 aliphatic heterocycles. The number of benzene rings is 2. The van der Waals surface area contributed by atoms with E-state index in [1.54, 1.807) is 55.3 Å². The summed E-state index contributed by atoms with van der Waals surface area (Å²) in [4.78, 5) is 36.6. The normalized spacial score (nSPS) is 11.6. The Morgan fingerprint density at radius 1 is 1.06 bits per heavy atom. The van der Waals surface area contributed by atoms with E-state index in [0.29, 0.717) is 21.6 Å². The summed E-state index contributed by atoms with van der Waals surface area (Å²) in [5, 5.41) is 4.01. The molecule has 1 aromatic heterocycles. The third kappa shape index (κ3) is 7.20. The van der Waals surface area contributed by atoms with Gasteiger partial charge in [0.1, 0.15) is 11.8 Å². The van der Waals surface area contributed by atoms with Gasteiger partial charge in [-0.25, -0.2) is 9.97 Å². The number of methoxy groups -OCH3 is 1. The van der Waals surface area contributed by atoms with Gasteiger partial charge in [-0.2, -0.15) is 0 Å². The first kappa shape index (κ1) is 25.5. The second kappa shape index (κ2) is 11.9. The van der Waals surface area contributed by atoms with Crippen molar-refractivity contribution in [1.82, 2.24) is 14.9 Å². The zero-order valence-electron chi connectivity index (χ0n) is 19.5. The van der Waals surface area contributed by atoms with E-state index >= 15 is 0 Å². The Labute approximate surface area is 208 Å². The largest absolute Gasteiger partial charge is 0.497 e. The minimum absolute atomic E-state index is 0.108. The lowest BCUT2D eigenvalue weighted by molar-refractivity contribution is -0.136. The number of rotatable bonds is 9. The molecule has 178 valence electrons. The number of hydrogen-bond acceptors (Lipinski definition) is 6. The molecule has 9 heteroatoms. The molecule has 0 aliphatic rings. The Kier molecular flexibility index (Phi) is 8.90. The van der Waals surface area contributed by atoms with E-state index in [2.05, 4.69) is 15.3 Å². The van der Waals surface area contributed by atoms with Gasteiger partial charge >= 0.3 is 0 Å². The number of carbonyl (C=O) groups excluding carboxylic acids is 2. The fraction of sp³-hybridized carbons (Fsp3) is 0.280. The molecule has 0 radical (unpaired) electrons. The lowest BCUT2D eigenvalue weighted by atomic mass is 10.1. The number of carbonyl (C=O) groups is 2. The molecule has 0 spiro atoms. The van der Waals surface area contributed by atoms with E-state index in [4.69, 9.17) is 16.3 Å². The van der Waals surface area contributed by atoms with Crippen molar-refractivity contribution in [3.05, 3.63) is 76.6 Å². The molecule has 34 heavy (non-hydrogen) atoms. The fourth-order valence-corrected chi connectivity index (χ4v) is 4.22. The zero-order chi connectivity index (χ0) is 24.7. The number of aromatic nitrogens is 2. The van der Waals surface area contributed by atoms with Crippen LogP contribution in [0.25, 0.3) is 0 Å². The maximum Gasteiger partial charge on any atom is 0.246 e. The smallest absolute Gasteiger partial charge is 0.246 e. The average molecular weight is 499 g/mol. The summed E-state index contributed by atoms with van der Waals surface area (Å²) in [5.41, 5.74) is 3.17. The van der Waals surface area contributed by atoms with Crippen molar-refractivity contribution in [2.24, 2.45) is 0 Å². The molecular weight excluding hydrogens is 472 g/mol. The molecule has 3 rings (SSSR count). The molecule has 2 aromatic carbocycles. The second-order valence-corrected chi connectivity index (χ2v) is 9.14. The second-order valence-electron chi connectivity index (χ2n) is 7.76. The van der Waals surface area contributed by atoms with Crippen LogP contribution in [0.2, 0.25) is 5.02 Å². The molecule has 3 aromatic rings. The Hall–Kier alpha value is -3.10. The summed E-state index contributed by atoms with van der Waals surface area (Å²) in [5.74, 6) is 0.313. The molecular formula is C25H27ClN4O3S. The number of ether oxygens (including phenoxy) is 1. The molecule has 1 atom stereocenters. The van der Waals surface area contributed by atoms with Crippen molar-refractivity contribution in [3.63, 3.8) is 0 Å². The van der Waals surface area contributed by atoms with E-state index in [1.165, 1.54) is 11.8 Å². The van der Waals surface area contributed by atoms with Crippen LogP contribution >= 0.6 is 23.4 Å². The number of nitrogens with one attached hydrogen (secondary N) is 1. The van der Waals surface area contributed by atoms with Gasteiger partial charge in [0.25, 0.3) is 0 Å². The van der Waals surface area contributed by atoms with E-state index in [9.17, 15) is 9.59 Å². The minimum Gasteiger partial charge on any atom is -0.497 e. The predicted octanol–water partition coefficient (Wildman–Crippen LogP) is 4.90. The third-order valence-electron chi connectivity index (χ3n) is 5.08. The van der Waals surface area contributed by atoms with Gasteiger partial charge in [0.2, 0.25) is 11.8 Å². The van der Waals surface area contributed by atoms with E-state index in [-0.39, 0.29) is 24.1 Å². The molecule has 0 bridgehead atoms. The highest BCUT2D eigenvalue weighted by molar-refractivity contribution is 7.99. The number of aryl methyl sites for hydroxylation is 2. The first-order valence-corrected chi connectivity index (χ1v) is 12.1. The van der Waals surface area contributed by atoms with Crippen LogP contribution in [0, 0.1) is 13.8 Å². The number of hydrogen-bond donors (Lipinski definition) is 1. The van der Waals surface area contributed by atoms with Crippen LogP contribution in [0.4, 0.5) is 5.69 Å². The average Bonchev–Trinajstić information content (AvgIpc) is 2.81. The highest BCUT2D eigenvalue weighted by Crippen LogP contribution is 2.20. The maximum atomic E-state index is 13.3. The molecule has 7 nitrogen and oxygen atoms in total. The Balaban J connectivity index is 1.75. The van der Waals surface area contributed by atoms with Crippen molar-refractivity contribution in [3.8, 4) is 5.75 Å². The summed E-state index contributed by atoms with van der Waals surface area (Å²) < 4.78 is 5.16. The summed E-state index contributed by atoms with van der Waals surface area (Å²) in [6.07, 6.45) is 0. The van der Waals surface area contributed by atoms with Gasteiger partial charge in [-0.3, -0.25) is 9.59 Å². The van der Waals surface area contributed by atoms with Crippen molar-refractivity contribution >= 4 is 40.9 Å². The summed E-state index contributed by atoms with van der Waals surface area (Å²) in [6, 6.07) is 15.4. The number of thioether (sulfide) groups is 1. The molecule has 2 amide bonds. The van der Waals surface area contributed by atoms with Gasteiger partial charge in [-0.1, -0.05) is 35.5 Å². The standard InChI is InChI=1S/C25H27ClN4O3S/c1-16-13-17(2)28-25(27-16)34-15-23(31)30(14-19-5-7-20(26)8-6-19)18(3)24(32)29-21-9-11-22(33-4)12-10-21/h5-13,18H,14-15H2,1-4H3,(H,29,32). The number of amides is 2. The van der Waals surface area contributed by atoms with Gasteiger partial charge in [-0.05, 0) is 68.8 Å². The Morgan fingerprint density at radius 3 is 2.26 bits per heavy atom. The molecule has 0 fully saturated rings. The Morgan fingerprint density at radius 2 is 1.68 bits per heavy atom. The molecule has 1 heterocycles. The summed E-state index contributed by atoms with van der Waals surface area (Å²) >= 11 is 7.26. The first-order valence-electron chi connectivity index (χ1n) is 10.7. The van der Waals surface area contributed by atoms with Gasteiger partial charge in [0.05, 0.1) is 12.9 Å². The molecule has 1 N–H and O–H groups in total.